The molecule has 0 saturated carbocycles. The number of aliphatic hydroxyl groups is 1. The number of nitrogens with zero attached hydrogens (tertiary/aromatic N) is 3. The Morgan fingerprint density at radius 3 is 2.94 bits per heavy atom. The molecule has 1 aliphatic rings. The SMILES string of the molecule is Cc1nn(C)c(N(C)C2CCSC2)c1CO. The normalized spacial score (nSPS) is 20.4. The lowest BCUT2D eigenvalue weighted by Crippen LogP contribution is -2.33. The van der Waals surface area contributed by atoms with Crippen LogP contribution >= 0.6 is 11.8 Å². The lowest BCUT2D eigenvalue weighted by molar-refractivity contribution is 0.281. The van der Waals surface area contributed by atoms with Gasteiger partial charge >= 0.3 is 0 Å². The van der Waals surface area contributed by atoms with E-state index in [1.807, 2.05) is 30.4 Å². The van der Waals surface area contributed by atoms with Crippen LogP contribution in [0.2, 0.25) is 0 Å². The molecule has 1 aromatic heterocycles. The van der Waals surface area contributed by atoms with E-state index in [-0.39, 0.29) is 6.61 Å². The number of hydrogen-bond donors (Lipinski definition) is 1. The number of aryl methyl sites for hydroxylation is 2. The van der Waals surface area contributed by atoms with Crippen molar-refractivity contribution in [1.82, 2.24) is 9.78 Å². The molecule has 5 heteroatoms. The third-order valence-electron chi connectivity index (χ3n) is 3.26. The van der Waals surface area contributed by atoms with Crippen molar-refractivity contribution in [2.45, 2.75) is 26.0 Å². The van der Waals surface area contributed by atoms with Gasteiger partial charge in [-0.05, 0) is 19.1 Å². The van der Waals surface area contributed by atoms with Crippen LogP contribution in [0.15, 0.2) is 0 Å². The molecule has 0 amide bonds. The molecule has 1 N–H and O–H groups in total. The number of aromatic nitrogens is 2. The quantitative estimate of drug-likeness (QED) is 0.862. The molecular formula is C11H19N3OS. The summed E-state index contributed by atoms with van der Waals surface area (Å²) in [5.74, 6) is 3.47. The average molecular weight is 241 g/mol. The first-order valence-electron chi connectivity index (χ1n) is 5.59. The van der Waals surface area contributed by atoms with E-state index >= 15 is 0 Å². The molecule has 2 heterocycles. The highest BCUT2D eigenvalue weighted by atomic mass is 32.2. The van der Waals surface area contributed by atoms with Gasteiger partial charge in [0.15, 0.2) is 0 Å². The summed E-state index contributed by atoms with van der Waals surface area (Å²) >= 11 is 2.00. The molecule has 16 heavy (non-hydrogen) atoms. The van der Waals surface area contributed by atoms with Gasteiger partial charge in [0.1, 0.15) is 5.82 Å². The van der Waals surface area contributed by atoms with Crippen molar-refractivity contribution in [1.29, 1.82) is 0 Å². The Morgan fingerprint density at radius 2 is 2.38 bits per heavy atom. The lowest BCUT2D eigenvalue weighted by Gasteiger charge is -2.26. The van der Waals surface area contributed by atoms with Crippen LogP contribution in [0, 0.1) is 6.92 Å². The summed E-state index contributed by atoms with van der Waals surface area (Å²) in [7, 11) is 4.05. The van der Waals surface area contributed by atoms with E-state index in [1.165, 1.54) is 17.9 Å². The summed E-state index contributed by atoms with van der Waals surface area (Å²) in [6, 6.07) is 0.574. The van der Waals surface area contributed by atoms with E-state index < -0.39 is 0 Å². The van der Waals surface area contributed by atoms with Gasteiger partial charge in [-0.3, -0.25) is 4.68 Å². The van der Waals surface area contributed by atoms with Gasteiger partial charge in [0, 0.05) is 31.5 Å². The van der Waals surface area contributed by atoms with Crippen molar-refractivity contribution in [3.8, 4) is 0 Å². The van der Waals surface area contributed by atoms with Crippen molar-refractivity contribution in [3.63, 3.8) is 0 Å². The molecule has 1 aliphatic heterocycles. The summed E-state index contributed by atoms with van der Waals surface area (Å²) in [5.41, 5.74) is 1.89. The van der Waals surface area contributed by atoms with E-state index in [4.69, 9.17) is 0 Å². The highest BCUT2D eigenvalue weighted by Crippen LogP contribution is 2.29. The van der Waals surface area contributed by atoms with Crippen LogP contribution in [0.1, 0.15) is 17.7 Å². The number of aliphatic hydroxyl groups excluding tert-OH is 1. The number of rotatable bonds is 3. The van der Waals surface area contributed by atoms with Gasteiger partial charge in [-0.15, -0.1) is 0 Å². The molecular weight excluding hydrogens is 222 g/mol. The second-order valence-corrected chi connectivity index (χ2v) is 5.45. The molecule has 1 saturated heterocycles. The second-order valence-electron chi connectivity index (χ2n) is 4.30. The summed E-state index contributed by atoms with van der Waals surface area (Å²) in [6.45, 7) is 2.02. The Morgan fingerprint density at radius 1 is 1.62 bits per heavy atom. The van der Waals surface area contributed by atoms with Gasteiger partial charge < -0.3 is 10.0 Å². The maximum absolute atomic E-state index is 9.42. The Bertz CT molecular complexity index is 372. The van der Waals surface area contributed by atoms with E-state index in [9.17, 15) is 5.11 Å². The Kier molecular flexibility index (Phi) is 3.44. The number of anilines is 1. The Labute approximate surface area is 101 Å². The highest BCUT2D eigenvalue weighted by molar-refractivity contribution is 7.99. The maximum atomic E-state index is 9.42. The third-order valence-corrected chi connectivity index (χ3v) is 4.40. The first-order valence-corrected chi connectivity index (χ1v) is 6.74. The van der Waals surface area contributed by atoms with Gasteiger partial charge in [0.25, 0.3) is 0 Å². The fourth-order valence-corrected chi connectivity index (χ4v) is 3.58. The molecule has 1 aromatic rings. The predicted octanol–water partition coefficient (Wildman–Crippen LogP) is 1.16. The minimum atomic E-state index is 0.0687. The minimum Gasteiger partial charge on any atom is -0.391 e. The zero-order valence-corrected chi connectivity index (χ0v) is 10.9. The van der Waals surface area contributed by atoms with Crippen LogP contribution in [0.4, 0.5) is 5.82 Å². The van der Waals surface area contributed by atoms with Gasteiger partial charge in [0.05, 0.1) is 12.3 Å². The smallest absolute Gasteiger partial charge is 0.132 e. The molecule has 4 nitrogen and oxygen atoms in total. The van der Waals surface area contributed by atoms with Crippen molar-refractivity contribution in [3.05, 3.63) is 11.3 Å². The van der Waals surface area contributed by atoms with E-state index in [0.29, 0.717) is 6.04 Å². The summed E-state index contributed by atoms with van der Waals surface area (Å²) < 4.78 is 1.88. The van der Waals surface area contributed by atoms with Crippen molar-refractivity contribution in [2.75, 3.05) is 23.5 Å². The van der Waals surface area contributed by atoms with Crippen molar-refractivity contribution < 1.29 is 5.11 Å². The summed E-state index contributed by atoms with van der Waals surface area (Å²) in [6.07, 6.45) is 1.22. The fourth-order valence-electron chi connectivity index (χ4n) is 2.32. The lowest BCUT2D eigenvalue weighted by atomic mass is 10.2. The Hall–Kier alpha value is -0.680. The summed E-state index contributed by atoms with van der Waals surface area (Å²) in [4.78, 5) is 2.27. The summed E-state index contributed by atoms with van der Waals surface area (Å²) in [5, 5.41) is 13.8. The fraction of sp³-hybridized carbons (Fsp3) is 0.727. The zero-order valence-electron chi connectivity index (χ0n) is 10.1. The van der Waals surface area contributed by atoms with E-state index in [2.05, 4.69) is 17.0 Å². The Balaban J connectivity index is 2.30. The maximum Gasteiger partial charge on any atom is 0.132 e. The largest absolute Gasteiger partial charge is 0.391 e. The molecule has 2 rings (SSSR count). The van der Waals surface area contributed by atoms with E-state index in [1.54, 1.807) is 0 Å². The van der Waals surface area contributed by atoms with Crippen LogP contribution in [0.25, 0.3) is 0 Å². The highest BCUT2D eigenvalue weighted by Gasteiger charge is 2.25. The third kappa shape index (κ3) is 1.94. The van der Waals surface area contributed by atoms with Gasteiger partial charge in [-0.1, -0.05) is 0 Å². The van der Waals surface area contributed by atoms with Crippen LogP contribution < -0.4 is 4.90 Å². The molecule has 0 aliphatic carbocycles. The monoisotopic (exact) mass is 241 g/mol. The van der Waals surface area contributed by atoms with Gasteiger partial charge in [-0.2, -0.15) is 16.9 Å². The average Bonchev–Trinajstić information content (AvgIpc) is 2.84. The van der Waals surface area contributed by atoms with Crippen molar-refractivity contribution in [2.24, 2.45) is 7.05 Å². The first-order chi connectivity index (χ1) is 7.65. The number of thioether (sulfide) groups is 1. The van der Waals surface area contributed by atoms with E-state index in [0.717, 1.165) is 17.1 Å². The molecule has 1 fully saturated rings. The standard InChI is InChI=1S/C11H19N3OS/c1-8-10(6-15)11(14(3)12-8)13(2)9-4-5-16-7-9/h9,15H,4-7H2,1-3H3. The molecule has 0 bridgehead atoms. The van der Waals surface area contributed by atoms with Gasteiger partial charge in [0.2, 0.25) is 0 Å². The van der Waals surface area contributed by atoms with Crippen LogP contribution in [-0.2, 0) is 13.7 Å². The van der Waals surface area contributed by atoms with Crippen LogP contribution in [0.3, 0.4) is 0 Å². The van der Waals surface area contributed by atoms with Crippen LogP contribution in [-0.4, -0.2) is 39.5 Å². The first kappa shape index (κ1) is 11.8. The molecule has 0 spiro atoms. The molecule has 0 aromatic carbocycles. The molecule has 1 unspecified atom stereocenters. The number of hydrogen-bond acceptors (Lipinski definition) is 4. The van der Waals surface area contributed by atoms with Crippen molar-refractivity contribution >= 4 is 17.6 Å². The molecule has 90 valence electrons. The molecule has 0 radical (unpaired) electrons. The van der Waals surface area contributed by atoms with Gasteiger partial charge in [-0.25, -0.2) is 0 Å². The second kappa shape index (κ2) is 4.67. The molecule has 1 atom stereocenters. The van der Waals surface area contributed by atoms with Crippen LogP contribution in [0.5, 0.6) is 0 Å². The minimum absolute atomic E-state index is 0.0687. The topological polar surface area (TPSA) is 41.3 Å². The zero-order chi connectivity index (χ0) is 11.7. The predicted molar refractivity (Wildman–Crippen MR) is 68.0 cm³/mol.